The number of ether oxygens (including phenoxy) is 1. The third-order valence-electron chi connectivity index (χ3n) is 1.77. The number of nitrogens with two attached hydrogens (primary N) is 1. The van der Waals surface area contributed by atoms with Crippen molar-refractivity contribution in [1.82, 2.24) is 4.90 Å². The van der Waals surface area contributed by atoms with Crippen LogP contribution in [-0.2, 0) is 4.74 Å². The second kappa shape index (κ2) is 6.58. The summed E-state index contributed by atoms with van der Waals surface area (Å²) in [7, 11) is 1.68. The van der Waals surface area contributed by atoms with Gasteiger partial charge < -0.3 is 15.4 Å². The third-order valence-corrected chi connectivity index (χ3v) is 1.77. The highest BCUT2D eigenvalue weighted by Gasteiger charge is 2.05. The second-order valence-electron chi connectivity index (χ2n) is 2.70. The fraction of sp³-hybridized carbons (Fsp3) is 1.00. The normalized spacial score (nSPS) is 13.9. The molecule has 0 saturated heterocycles. The highest BCUT2D eigenvalue weighted by atomic mass is 16.5. The number of hydrogen-bond acceptors (Lipinski definition) is 3. The lowest BCUT2D eigenvalue weighted by Crippen LogP contribution is -2.40. The summed E-state index contributed by atoms with van der Waals surface area (Å²) in [6, 6.07) is 0.153. The molecule has 0 heterocycles. The zero-order valence-electron chi connectivity index (χ0n) is 7.84. The van der Waals surface area contributed by atoms with Crippen LogP contribution in [0.3, 0.4) is 0 Å². The monoisotopic (exact) mass is 160 g/mol. The van der Waals surface area contributed by atoms with Crippen LogP contribution in [0.4, 0.5) is 0 Å². The van der Waals surface area contributed by atoms with Gasteiger partial charge in [-0.3, -0.25) is 0 Å². The summed E-state index contributed by atoms with van der Waals surface area (Å²) in [6.45, 7) is 7.99. The Labute approximate surface area is 69.5 Å². The molecule has 0 saturated carbocycles. The molecular weight excluding hydrogens is 140 g/mol. The van der Waals surface area contributed by atoms with Gasteiger partial charge in [0.2, 0.25) is 0 Å². The van der Waals surface area contributed by atoms with Gasteiger partial charge in [0, 0.05) is 19.7 Å². The molecule has 0 fully saturated rings. The van der Waals surface area contributed by atoms with Gasteiger partial charge in [0.15, 0.2) is 0 Å². The number of likely N-dealkylation sites (N-methyl/N-ethyl adjacent to an activating group) is 1. The van der Waals surface area contributed by atoms with E-state index in [1.54, 1.807) is 7.11 Å². The average molecular weight is 160 g/mol. The van der Waals surface area contributed by atoms with Crippen molar-refractivity contribution < 1.29 is 4.74 Å². The van der Waals surface area contributed by atoms with Crippen molar-refractivity contribution in [3.05, 3.63) is 0 Å². The van der Waals surface area contributed by atoms with Crippen LogP contribution in [-0.4, -0.2) is 44.3 Å². The van der Waals surface area contributed by atoms with Gasteiger partial charge in [-0.1, -0.05) is 13.8 Å². The molecule has 1 unspecified atom stereocenters. The Kier molecular flexibility index (Phi) is 6.51. The molecule has 1 atom stereocenters. The fourth-order valence-corrected chi connectivity index (χ4v) is 1.08. The number of rotatable bonds is 6. The van der Waals surface area contributed by atoms with Crippen LogP contribution in [0.15, 0.2) is 0 Å². The largest absolute Gasteiger partial charge is 0.383 e. The van der Waals surface area contributed by atoms with E-state index in [2.05, 4.69) is 18.7 Å². The summed E-state index contributed by atoms with van der Waals surface area (Å²) < 4.78 is 4.94. The fourth-order valence-electron chi connectivity index (χ4n) is 1.08. The van der Waals surface area contributed by atoms with Crippen LogP contribution in [0.5, 0.6) is 0 Å². The molecule has 0 aromatic carbocycles. The number of nitrogens with zero attached hydrogens (tertiary/aromatic N) is 1. The first-order chi connectivity index (χ1) is 5.24. The first-order valence-electron chi connectivity index (χ1n) is 4.21. The van der Waals surface area contributed by atoms with E-state index >= 15 is 0 Å². The zero-order chi connectivity index (χ0) is 8.69. The smallest absolute Gasteiger partial charge is 0.0626 e. The Bertz CT molecular complexity index is 84.2. The van der Waals surface area contributed by atoms with Crippen molar-refractivity contribution in [2.24, 2.45) is 5.73 Å². The van der Waals surface area contributed by atoms with E-state index in [-0.39, 0.29) is 6.04 Å². The van der Waals surface area contributed by atoms with Crippen molar-refractivity contribution in [2.45, 2.75) is 19.9 Å². The topological polar surface area (TPSA) is 38.5 Å². The van der Waals surface area contributed by atoms with Crippen LogP contribution in [0.1, 0.15) is 13.8 Å². The van der Waals surface area contributed by atoms with Gasteiger partial charge in [0.05, 0.1) is 6.61 Å². The van der Waals surface area contributed by atoms with Gasteiger partial charge >= 0.3 is 0 Å². The van der Waals surface area contributed by atoms with Crippen LogP contribution in [0.25, 0.3) is 0 Å². The summed E-state index contributed by atoms with van der Waals surface area (Å²) in [5, 5.41) is 0. The number of hydrogen-bond donors (Lipinski definition) is 1. The third kappa shape index (κ3) is 5.18. The van der Waals surface area contributed by atoms with Crippen molar-refractivity contribution in [3.63, 3.8) is 0 Å². The van der Waals surface area contributed by atoms with Crippen LogP contribution in [0.2, 0.25) is 0 Å². The predicted molar refractivity (Wildman–Crippen MR) is 47.6 cm³/mol. The quantitative estimate of drug-likeness (QED) is 0.607. The highest BCUT2D eigenvalue weighted by molar-refractivity contribution is 4.65. The molecule has 0 rings (SSSR count). The summed E-state index contributed by atoms with van der Waals surface area (Å²) in [4.78, 5) is 2.30. The molecule has 0 aromatic rings. The van der Waals surface area contributed by atoms with E-state index in [1.165, 1.54) is 0 Å². The van der Waals surface area contributed by atoms with Gasteiger partial charge in [-0.05, 0) is 13.1 Å². The first kappa shape index (κ1) is 10.9. The van der Waals surface area contributed by atoms with Crippen molar-refractivity contribution >= 4 is 0 Å². The molecule has 0 amide bonds. The molecule has 0 radical (unpaired) electrons. The van der Waals surface area contributed by atoms with Gasteiger partial charge in [-0.25, -0.2) is 0 Å². The molecule has 68 valence electrons. The molecule has 11 heavy (non-hydrogen) atoms. The lowest BCUT2D eigenvalue weighted by atomic mass is 10.3. The molecule has 2 N–H and O–H groups in total. The van der Waals surface area contributed by atoms with Gasteiger partial charge in [-0.15, -0.1) is 0 Å². The van der Waals surface area contributed by atoms with E-state index in [4.69, 9.17) is 10.5 Å². The SMILES string of the molecule is CCN(CC)CC(N)COC. The Morgan fingerprint density at radius 1 is 1.36 bits per heavy atom. The highest BCUT2D eigenvalue weighted by Crippen LogP contribution is 1.89. The van der Waals surface area contributed by atoms with Crippen molar-refractivity contribution in [3.8, 4) is 0 Å². The summed E-state index contributed by atoms with van der Waals surface area (Å²) >= 11 is 0. The minimum atomic E-state index is 0.153. The average Bonchev–Trinajstić information content (AvgIpc) is 2.01. The standard InChI is InChI=1S/C8H20N2O/c1-4-10(5-2)6-8(9)7-11-3/h8H,4-7,9H2,1-3H3. The Morgan fingerprint density at radius 3 is 2.27 bits per heavy atom. The minimum absolute atomic E-state index is 0.153. The maximum absolute atomic E-state index is 5.77. The van der Waals surface area contributed by atoms with Crippen LogP contribution in [0, 0.1) is 0 Å². The maximum Gasteiger partial charge on any atom is 0.0626 e. The number of methoxy groups -OCH3 is 1. The molecule has 3 heteroatoms. The molecule has 3 nitrogen and oxygen atoms in total. The van der Waals surface area contributed by atoms with Crippen LogP contribution >= 0.6 is 0 Å². The Balaban J connectivity index is 3.44. The molecule has 0 aromatic heterocycles. The van der Waals surface area contributed by atoms with Gasteiger partial charge in [-0.2, -0.15) is 0 Å². The summed E-state index contributed by atoms with van der Waals surface area (Å²) in [6.07, 6.45) is 0. The van der Waals surface area contributed by atoms with Crippen molar-refractivity contribution in [2.75, 3.05) is 33.4 Å². The van der Waals surface area contributed by atoms with Crippen LogP contribution < -0.4 is 5.73 Å². The lowest BCUT2D eigenvalue weighted by Gasteiger charge is -2.21. The predicted octanol–water partition coefficient (Wildman–Crippen LogP) is 0.302. The maximum atomic E-state index is 5.77. The molecule has 0 aliphatic rings. The Hall–Kier alpha value is -0.120. The summed E-state index contributed by atoms with van der Waals surface area (Å²) in [5.74, 6) is 0. The van der Waals surface area contributed by atoms with E-state index in [0.29, 0.717) is 6.61 Å². The van der Waals surface area contributed by atoms with Crippen molar-refractivity contribution in [1.29, 1.82) is 0 Å². The molecule has 0 spiro atoms. The molecule has 0 aliphatic heterocycles. The van der Waals surface area contributed by atoms with Gasteiger partial charge in [0.25, 0.3) is 0 Å². The lowest BCUT2D eigenvalue weighted by molar-refractivity contribution is 0.157. The summed E-state index contributed by atoms with van der Waals surface area (Å²) in [5.41, 5.74) is 5.77. The second-order valence-corrected chi connectivity index (χ2v) is 2.70. The van der Waals surface area contributed by atoms with Gasteiger partial charge in [0.1, 0.15) is 0 Å². The molecule has 0 aliphatic carbocycles. The first-order valence-corrected chi connectivity index (χ1v) is 4.21. The van der Waals surface area contributed by atoms with E-state index < -0.39 is 0 Å². The molecular formula is C8H20N2O. The van der Waals surface area contributed by atoms with E-state index in [1.807, 2.05) is 0 Å². The minimum Gasteiger partial charge on any atom is -0.383 e. The Morgan fingerprint density at radius 2 is 1.91 bits per heavy atom. The molecule has 0 bridgehead atoms. The van der Waals surface area contributed by atoms with E-state index in [9.17, 15) is 0 Å². The zero-order valence-corrected chi connectivity index (χ0v) is 7.84. The van der Waals surface area contributed by atoms with E-state index in [0.717, 1.165) is 19.6 Å².